The van der Waals surface area contributed by atoms with E-state index < -0.39 is 0 Å². The van der Waals surface area contributed by atoms with Crippen LogP contribution in [0.25, 0.3) is 0 Å². The van der Waals surface area contributed by atoms with Gasteiger partial charge in [0.1, 0.15) is 0 Å². The quantitative estimate of drug-likeness (QED) is 0.662. The topological polar surface area (TPSA) is 61.8 Å². The van der Waals surface area contributed by atoms with Gasteiger partial charge in [-0.2, -0.15) is 0 Å². The maximum absolute atomic E-state index is 12.0. The maximum atomic E-state index is 12.0. The number of hydrogen-bond acceptors (Lipinski definition) is 4. The second-order valence-electron chi connectivity index (χ2n) is 5.64. The van der Waals surface area contributed by atoms with Gasteiger partial charge in [-0.25, -0.2) is 0 Å². The minimum atomic E-state index is -0.0287. The number of amides is 1. The second-order valence-corrected chi connectivity index (χ2v) is 5.64. The van der Waals surface area contributed by atoms with Gasteiger partial charge in [-0.1, -0.05) is 0 Å². The summed E-state index contributed by atoms with van der Waals surface area (Å²) >= 11 is 0. The number of nitrogens with one attached hydrogen (secondary N) is 1. The standard InChI is InChI=1S/C14H26N2O3/c1-11(14(18)15-12-3-4-12)16-7-5-13(6-8-16)19-10-2-9-17/h11-13,17H,2-10H2,1H3,(H,15,18). The van der Waals surface area contributed by atoms with Crippen LogP contribution in [0.3, 0.4) is 0 Å². The molecule has 0 radical (unpaired) electrons. The Morgan fingerprint density at radius 3 is 2.63 bits per heavy atom. The van der Waals surface area contributed by atoms with E-state index in [1.54, 1.807) is 0 Å². The molecule has 5 nitrogen and oxygen atoms in total. The van der Waals surface area contributed by atoms with Crippen molar-refractivity contribution in [1.29, 1.82) is 0 Å². The van der Waals surface area contributed by atoms with Crippen LogP contribution in [-0.4, -0.2) is 60.4 Å². The first-order chi connectivity index (χ1) is 9.20. The first-order valence-electron chi connectivity index (χ1n) is 7.47. The molecule has 1 aliphatic carbocycles. The Kier molecular flexibility index (Phi) is 5.60. The SMILES string of the molecule is CC(C(=O)NC1CC1)N1CCC(OCCCO)CC1. The second kappa shape index (κ2) is 7.22. The van der Waals surface area contributed by atoms with Crippen molar-refractivity contribution >= 4 is 5.91 Å². The summed E-state index contributed by atoms with van der Waals surface area (Å²) in [4.78, 5) is 14.2. The predicted octanol–water partition coefficient (Wildman–Crippen LogP) is 0.517. The molecule has 1 atom stereocenters. The van der Waals surface area contributed by atoms with Gasteiger partial charge in [0.25, 0.3) is 0 Å². The van der Waals surface area contributed by atoms with E-state index in [9.17, 15) is 4.79 Å². The molecule has 0 aromatic carbocycles. The van der Waals surface area contributed by atoms with Gasteiger partial charge in [-0.05, 0) is 39.0 Å². The summed E-state index contributed by atoms with van der Waals surface area (Å²) in [6.45, 7) is 4.66. The largest absolute Gasteiger partial charge is 0.396 e. The average molecular weight is 270 g/mol. The first-order valence-corrected chi connectivity index (χ1v) is 7.47. The van der Waals surface area contributed by atoms with Crippen LogP contribution in [0.5, 0.6) is 0 Å². The molecule has 2 fully saturated rings. The number of hydrogen-bond donors (Lipinski definition) is 2. The summed E-state index contributed by atoms with van der Waals surface area (Å²) in [6.07, 6.45) is 5.24. The Morgan fingerprint density at radius 1 is 1.37 bits per heavy atom. The number of ether oxygens (including phenoxy) is 1. The highest BCUT2D eigenvalue weighted by Gasteiger charge is 2.30. The molecule has 5 heteroatoms. The smallest absolute Gasteiger partial charge is 0.237 e. The van der Waals surface area contributed by atoms with Crippen LogP contribution in [0.4, 0.5) is 0 Å². The molecule has 1 aliphatic heterocycles. The Bertz CT molecular complexity index is 286. The van der Waals surface area contributed by atoms with Gasteiger partial charge in [0.05, 0.1) is 12.1 Å². The van der Waals surface area contributed by atoms with Crippen LogP contribution >= 0.6 is 0 Å². The van der Waals surface area contributed by atoms with Crippen molar-refractivity contribution < 1.29 is 14.6 Å². The van der Waals surface area contributed by atoms with Gasteiger partial charge in [0.15, 0.2) is 0 Å². The zero-order valence-corrected chi connectivity index (χ0v) is 11.8. The molecular weight excluding hydrogens is 244 g/mol. The normalized spacial score (nSPS) is 23.3. The molecule has 0 aromatic rings. The molecule has 2 rings (SSSR count). The Hall–Kier alpha value is -0.650. The van der Waals surface area contributed by atoms with Crippen LogP contribution in [-0.2, 0) is 9.53 Å². The summed E-state index contributed by atoms with van der Waals surface area (Å²) in [5, 5.41) is 11.8. The molecule has 0 spiro atoms. The average Bonchev–Trinajstić information content (AvgIpc) is 3.23. The van der Waals surface area contributed by atoms with Gasteiger partial charge in [0.2, 0.25) is 5.91 Å². The van der Waals surface area contributed by atoms with Gasteiger partial charge in [-0.15, -0.1) is 0 Å². The predicted molar refractivity (Wildman–Crippen MR) is 72.9 cm³/mol. The third-order valence-electron chi connectivity index (χ3n) is 3.98. The number of aliphatic hydroxyl groups excluding tert-OH is 1. The number of rotatable bonds is 7. The summed E-state index contributed by atoms with van der Waals surface area (Å²) in [5.41, 5.74) is 0. The molecule has 110 valence electrons. The number of piperidine rings is 1. The number of carbonyl (C=O) groups excluding carboxylic acids is 1. The monoisotopic (exact) mass is 270 g/mol. The molecule has 1 saturated heterocycles. The lowest BCUT2D eigenvalue weighted by molar-refractivity contribution is -0.127. The van der Waals surface area contributed by atoms with Crippen molar-refractivity contribution in [3.05, 3.63) is 0 Å². The van der Waals surface area contributed by atoms with Gasteiger partial charge in [-0.3, -0.25) is 9.69 Å². The summed E-state index contributed by atoms with van der Waals surface area (Å²) in [6, 6.07) is 0.410. The van der Waals surface area contributed by atoms with E-state index in [0.717, 1.165) is 38.8 Å². The number of carbonyl (C=O) groups is 1. The van der Waals surface area contributed by atoms with Crippen molar-refractivity contribution in [2.75, 3.05) is 26.3 Å². The number of nitrogens with zero attached hydrogens (tertiary/aromatic N) is 1. The lowest BCUT2D eigenvalue weighted by Gasteiger charge is -2.35. The van der Waals surface area contributed by atoms with Crippen molar-refractivity contribution in [1.82, 2.24) is 10.2 Å². The molecule has 1 amide bonds. The van der Waals surface area contributed by atoms with E-state index >= 15 is 0 Å². The Morgan fingerprint density at radius 2 is 2.05 bits per heavy atom. The van der Waals surface area contributed by atoms with Crippen molar-refractivity contribution in [2.45, 2.75) is 57.2 Å². The summed E-state index contributed by atoms with van der Waals surface area (Å²) < 4.78 is 5.70. The summed E-state index contributed by atoms with van der Waals surface area (Å²) in [7, 11) is 0. The fourth-order valence-corrected chi connectivity index (χ4v) is 2.46. The van der Waals surface area contributed by atoms with Crippen LogP contribution in [0.15, 0.2) is 0 Å². The fraction of sp³-hybridized carbons (Fsp3) is 0.929. The highest BCUT2D eigenvalue weighted by Crippen LogP contribution is 2.20. The lowest BCUT2D eigenvalue weighted by atomic mass is 10.1. The minimum Gasteiger partial charge on any atom is -0.396 e. The van der Waals surface area contributed by atoms with E-state index in [0.29, 0.717) is 25.2 Å². The zero-order valence-electron chi connectivity index (χ0n) is 11.8. The maximum Gasteiger partial charge on any atom is 0.237 e. The van der Waals surface area contributed by atoms with Gasteiger partial charge in [0, 0.05) is 32.3 Å². The first kappa shape index (κ1) is 14.8. The number of likely N-dealkylation sites (tertiary alicyclic amines) is 1. The molecule has 2 aliphatic rings. The van der Waals surface area contributed by atoms with Gasteiger partial charge < -0.3 is 15.2 Å². The minimum absolute atomic E-state index is 0.0287. The molecule has 19 heavy (non-hydrogen) atoms. The molecule has 1 heterocycles. The summed E-state index contributed by atoms with van der Waals surface area (Å²) in [5.74, 6) is 0.169. The van der Waals surface area contributed by atoms with Gasteiger partial charge >= 0.3 is 0 Å². The lowest BCUT2D eigenvalue weighted by Crippen LogP contribution is -2.49. The van der Waals surface area contributed by atoms with Crippen molar-refractivity contribution in [3.63, 3.8) is 0 Å². The Balaban J connectivity index is 1.65. The van der Waals surface area contributed by atoms with E-state index in [4.69, 9.17) is 9.84 Å². The molecule has 0 bridgehead atoms. The van der Waals surface area contributed by atoms with E-state index in [-0.39, 0.29) is 18.6 Å². The van der Waals surface area contributed by atoms with E-state index in [1.807, 2.05) is 6.92 Å². The van der Waals surface area contributed by atoms with E-state index in [1.165, 1.54) is 0 Å². The Labute approximate surface area is 115 Å². The van der Waals surface area contributed by atoms with Crippen LogP contribution < -0.4 is 5.32 Å². The number of aliphatic hydroxyl groups is 1. The molecular formula is C14H26N2O3. The zero-order chi connectivity index (χ0) is 13.7. The van der Waals surface area contributed by atoms with E-state index in [2.05, 4.69) is 10.2 Å². The third kappa shape index (κ3) is 4.75. The van der Waals surface area contributed by atoms with Crippen LogP contribution in [0.1, 0.15) is 39.0 Å². The molecule has 0 aromatic heterocycles. The molecule has 2 N–H and O–H groups in total. The molecule has 1 unspecified atom stereocenters. The highest BCUT2D eigenvalue weighted by molar-refractivity contribution is 5.81. The molecule has 1 saturated carbocycles. The van der Waals surface area contributed by atoms with Crippen LogP contribution in [0, 0.1) is 0 Å². The van der Waals surface area contributed by atoms with Crippen molar-refractivity contribution in [2.24, 2.45) is 0 Å². The van der Waals surface area contributed by atoms with Crippen LogP contribution in [0.2, 0.25) is 0 Å². The van der Waals surface area contributed by atoms with Crippen molar-refractivity contribution in [3.8, 4) is 0 Å². The fourth-order valence-electron chi connectivity index (χ4n) is 2.46. The third-order valence-corrected chi connectivity index (χ3v) is 3.98. The highest BCUT2D eigenvalue weighted by atomic mass is 16.5.